The number of allylic oxidation sites excluding steroid dienone is 1. The second-order valence-corrected chi connectivity index (χ2v) is 6.42. The van der Waals surface area contributed by atoms with Gasteiger partial charge in [-0.2, -0.15) is 0 Å². The van der Waals surface area contributed by atoms with E-state index in [1.165, 1.54) is 7.11 Å². The smallest absolute Gasteiger partial charge is 0.337 e. The van der Waals surface area contributed by atoms with E-state index in [0.717, 1.165) is 0 Å². The first-order chi connectivity index (χ1) is 12.4. The summed E-state index contributed by atoms with van der Waals surface area (Å²) in [7, 11) is 1.40. The van der Waals surface area contributed by atoms with Crippen LogP contribution in [0.5, 0.6) is 11.5 Å². The van der Waals surface area contributed by atoms with Crippen LogP contribution in [0.25, 0.3) is 6.08 Å². The lowest BCUT2D eigenvalue weighted by molar-refractivity contribution is -0.138. The van der Waals surface area contributed by atoms with Crippen molar-refractivity contribution in [3.63, 3.8) is 0 Å². The van der Waals surface area contributed by atoms with Crippen molar-refractivity contribution in [3.05, 3.63) is 62.8 Å². The third-order valence-corrected chi connectivity index (χ3v) is 4.33. The monoisotopic (exact) mass is 392 g/mol. The minimum Gasteiger partial charge on any atom is -0.452 e. The number of Topliss-reactive ketones (excluding diaryl/α,β-unsaturated/α-hetero) is 1. The molecule has 0 amide bonds. The average molecular weight is 393 g/mol. The van der Waals surface area contributed by atoms with Gasteiger partial charge < -0.3 is 14.2 Å². The molecule has 0 spiro atoms. The van der Waals surface area contributed by atoms with Gasteiger partial charge in [0.1, 0.15) is 18.1 Å². The van der Waals surface area contributed by atoms with Gasteiger partial charge in [-0.15, -0.1) is 0 Å². The molecule has 7 heteroatoms. The summed E-state index contributed by atoms with van der Waals surface area (Å²) in [6.07, 6.45) is 1.55. The summed E-state index contributed by atoms with van der Waals surface area (Å²) in [5.41, 5.74) is 1.55. The van der Waals surface area contributed by atoms with E-state index in [4.69, 9.17) is 37.4 Å². The molecule has 0 N–H and O–H groups in total. The van der Waals surface area contributed by atoms with Crippen molar-refractivity contribution in [2.45, 2.75) is 6.92 Å². The Morgan fingerprint density at radius 3 is 2.69 bits per heavy atom. The maximum absolute atomic E-state index is 12.6. The van der Waals surface area contributed by atoms with Gasteiger partial charge >= 0.3 is 5.97 Å². The van der Waals surface area contributed by atoms with Crippen LogP contribution >= 0.6 is 23.2 Å². The van der Waals surface area contributed by atoms with E-state index in [1.807, 2.05) is 0 Å². The van der Waals surface area contributed by atoms with Crippen molar-refractivity contribution in [3.8, 4) is 11.5 Å². The van der Waals surface area contributed by atoms with Crippen LogP contribution < -0.4 is 9.47 Å². The second-order valence-electron chi connectivity index (χ2n) is 5.58. The lowest BCUT2D eigenvalue weighted by Gasteiger charge is -2.09. The molecule has 0 aliphatic carbocycles. The summed E-state index contributed by atoms with van der Waals surface area (Å²) < 4.78 is 15.7. The molecule has 5 nitrogen and oxygen atoms in total. The topological polar surface area (TPSA) is 61.8 Å². The molecule has 3 rings (SSSR count). The Morgan fingerprint density at radius 2 is 2.00 bits per heavy atom. The normalized spacial score (nSPS) is 14.3. The van der Waals surface area contributed by atoms with E-state index < -0.39 is 5.97 Å². The summed E-state index contributed by atoms with van der Waals surface area (Å²) in [5, 5.41) is 0.903. The van der Waals surface area contributed by atoms with Gasteiger partial charge in [-0.3, -0.25) is 4.79 Å². The molecule has 26 heavy (non-hydrogen) atoms. The largest absolute Gasteiger partial charge is 0.452 e. The van der Waals surface area contributed by atoms with Crippen molar-refractivity contribution in [2.75, 3.05) is 13.7 Å². The van der Waals surface area contributed by atoms with Gasteiger partial charge in [-0.25, -0.2) is 4.79 Å². The Morgan fingerprint density at radius 1 is 1.23 bits per heavy atom. The van der Waals surface area contributed by atoms with E-state index in [2.05, 4.69) is 0 Å². The fraction of sp³-hybridized carbons (Fsp3) is 0.158. The molecule has 2 aromatic carbocycles. The lowest BCUT2D eigenvalue weighted by atomic mass is 10.1. The summed E-state index contributed by atoms with van der Waals surface area (Å²) in [6.45, 7) is 1.54. The van der Waals surface area contributed by atoms with Gasteiger partial charge in [0.05, 0.1) is 5.56 Å². The molecular weight excluding hydrogens is 379 g/mol. The third kappa shape index (κ3) is 3.60. The molecule has 1 heterocycles. The highest BCUT2D eigenvalue weighted by Gasteiger charge is 2.30. The molecular formula is C19H14Cl2O5. The van der Waals surface area contributed by atoms with Crippen molar-refractivity contribution in [1.82, 2.24) is 0 Å². The molecule has 0 unspecified atom stereocenters. The van der Waals surface area contributed by atoms with E-state index in [0.29, 0.717) is 38.2 Å². The molecule has 134 valence electrons. The second kappa shape index (κ2) is 7.50. The van der Waals surface area contributed by atoms with Gasteiger partial charge in [-0.1, -0.05) is 29.3 Å². The van der Waals surface area contributed by atoms with E-state index >= 15 is 0 Å². The van der Waals surface area contributed by atoms with Crippen molar-refractivity contribution < 1.29 is 23.8 Å². The number of methoxy groups -OCH3 is 1. The number of hydrogen-bond donors (Lipinski definition) is 0. The summed E-state index contributed by atoms with van der Waals surface area (Å²) in [4.78, 5) is 24.2. The van der Waals surface area contributed by atoms with Crippen LogP contribution in [0.15, 0.2) is 36.1 Å². The Balaban J connectivity index is 1.92. The number of ether oxygens (including phenoxy) is 3. The molecule has 1 aliphatic heterocycles. The van der Waals surface area contributed by atoms with Crippen molar-refractivity contribution in [1.29, 1.82) is 0 Å². The number of hydrogen-bond acceptors (Lipinski definition) is 5. The van der Waals surface area contributed by atoms with E-state index in [-0.39, 0.29) is 18.1 Å². The fourth-order valence-corrected chi connectivity index (χ4v) is 2.97. The SMILES string of the molecule is COCC(=O)Oc1ccc2c(c1C)O/C(=C\c1ccc(Cl)cc1Cl)C2=O. The predicted molar refractivity (Wildman–Crippen MR) is 98.1 cm³/mol. The summed E-state index contributed by atoms with van der Waals surface area (Å²) >= 11 is 12.0. The number of carbonyl (C=O) groups excluding carboxylic acids is 2. The highest BCUT2D eigenvalue weighted by Crippen LogP contribution is 2.39. The van der Waals surface area contributed by atoms with Crippen LogP contribution in [0, 0.1) is 6.92 Å². The first-order valence-electron chi connectivity index (χ1n) is 7.63. The maximum atomic E-state index is 12.6. The molecule has 0 bridgehead atoms. The Hall–Kier alpha value is -2.34. The highest BCUT2D eigenvalue weighted by molar-refractivity contribution is 6.35. The Labute approximate surface area is 160 Å². The van der Waals surface area contributed by atoms with Gasteiger partial charge in [0.25, 0.3) is 0 Å². The van der Waals surface area contributed by atoms with Crippen molar-refractivity contribution in [2.24, 2.45) is 0 Å². The number of halogens is 2. The number of esters is 1. The van der Waals surface area contributed by atoms with Crippen LogP contribution in [-0.4, -0.2) is 25.5 Å². The zero-order chi connectivity index (χ0) is 18.8. The molecule has 0 aromatic heterocycles. The first kappa shape index (κ1) is 18.5. The number of fused-ring (bicyclic) bond motifs is 1. The number of benzene rings is 2. The Bertz CT molecular complexity index is 934. The summed E-state index contributed by atoms with van der Waals surface area (Å²) in [6, 6.07) is 8.07. The molecule has 0 fully saturated rings. The average Bonchev–Trinajstić information content (AvgIpc) is 2.90. The Kier molecular flexibility index (Phi) is 5.32. The quantitative estimate of drug-likeness (QED) is 0.436. The predicted octanol–water partition coefficient (Wildman–Crippen LogP) is 4.47. The number of rotatable bonds is 4. The number of carbonyl (C=O) groups is 2. The third-order valence-electron chi connectivity index (χ3n) is 3.77. The number of ketones is 1. The molecule has 0 saturated heterocycles. The van der Waals surface area contributed by atoms with Crippen LogP contribution in [0.1, 0.15) is 21.5 Å². The minimum atomic E-state index is -0.538. The van der Waals surface area contributed by atoms with Gasteiger partial charge in [0, 0.05) is 22.7 Å². The molecule has 0 saturated carbocycles. The standard InChI is InChI=1S/C19H14Cl2O5/c1-10-15(25-17(22)9-24-2)6-5-13-18(23)16(26-19(10)13)7-11-3-4-12(20)8-14(11)21/h3-8H,9H2,1-2H3/b16-7-. The van der Waals surface area contributed by atoms with Gasteiger partial charge in [0.2, 0.25) is 5.78 Å². The van der Waals surface area contributed by atoms with Crippen LogP contribution in [0.2, 0.25) is 10.0 Å². The molecule has 1 aliphatic rings. The zero-order valence-corrected chi connectivity index (χ0v) is 15.5. The zero-order valence-electron chi connectivity index (χ0n) is 14.0. The molecule has 2 aromatic rings. The van der Waals surface area contributed by atoms with Gasteiger partial charge in [-0.05, 0) is 42.8 Å². The summed E-state index contributed by atoms with van der Waals surface area (Å²) in [5.74, 6) is -0.0152. The van der Waals surface area contributed by atoms with E-state index in [9.17, 15) is 9.59 Å². The van der Waals surface area contributed by atoms with Crippen LogP contribution in [0.4, 0.5) is 0 Å². The van der Waals surface area contributed by atoms with Crippen molar-refractivity contribution >= 4 is 41.0 Å². The highest BCUT2D eigenvalue weighted by atomic mass is 35.5. The van der Waals surface area contributed by atoms with E-state index in [1.54, 1.807) is 43.3 Å². The lowest BCUT2D eigenvalue weighted by Crippen LogP contribution is -2.14. The minimum absolute atomic E-state index is 0.132. The van der Waals surface area contributed by atoms with Gasteiger partial charge in [0.15, 0.2) is 5.76 Å². The fourth-order valence-electron chi connectivity index (χ4n) is 2.51. The molecule has 0 radical (unpaired) electrons. The maximum Gasteiger partial charge on any atom is 0.337 e. The molecule has 0 atom stereocenters. The first-order valence-corrected chi connectivity index (χ1v) is 8.39. The van der Waals surface area contributed by atoms with Crippen LogP contribution in [0.3, 0.4) is 0 Å². The van der Waals surface area contributed by atoms with Crippen LogP contribution in [-0.2, 0) is 9.53 Å².